The summed E-state index contributed by atoms with van der Waals surface area (Å²) in [5, 5.41) is 17.4. The van der Waals surface area contributed by atoms with Crippen molar-refractivity contribution in [2.24, 2.45) is 0 Å². The van der Waals surface area contributed by atoms with Gasteiger partial charge in [0.2, 0.25) is 11.0 Å². The Hall–Kier alpha value is -2.95. The molecule has 1 amide bonds. The van der Waals surface area contributed by atoms with Crippen LogP contribution in [0.2, 0.25) is 0 Å². The first-order valence-electron chi connectivity index (χ1n) is 8.88. The molecule has 0 aliphatic heterocycles. The topological polar surface area (TPSA) is 89.0 Å². The minimum absolute atomic E-state index is 0.136. The molecule has 7 nitrogen and oxygen atoms in total. The number of nitrogens with one attached hydrogen (secondary N) is 2. The van der Waals surface area contributed by atoms with Crippen molar-refractivity contribution in [3.05, 3.63) is 60.0 Å². The highest BCUT2D eigenvalue weighted by Gasteiger charge is 2.12. The van der Waals surface area contributed by atoms with Crippen LogP contribution in [0.5, 0.6) is 5.75 Å². The Morgan fingerprint density at radius 2 is 1.87 bits per heavy atom. The van der Waals surface area contributed by atoms with Gasteiger partial charge in [-0.1, -0.05) is 65.6 Å². The highest BCUT2D eigenvalue weighted by atomic mass is 32.2. The molecule has 0 unspecified atom stereocenters. The van der Waals surface area contributed by atoms with Crippen molar-refractivity contribution in [3.63, 3.8) is 0 Å². The third kappa shape index (κ3) is 5.15. The van der Waals surface area contributed by atoms with Crippen molar-refractivity contribution in [2.75, 3.05) is 23.5 Å². The van der Waals surface area contributed by atoms with Crippen molar-refractivity contribution >= 4 is 56.3 Å². The van der Waals surface area contributed by atoms with Gasteiger partial charge in [-0.05, 0) is 12.1 Å². The Balaban J connectivity index is 1.30. The molecular formula is C20H17N5O2S3. The van der Waals surface area contributed by atoms with E-state index in [0.29, 0.717) is 14.6 Å². The largest absolute Gasteiger partial charge is 0.495 e. The number of amides is 1. The molecule has 30 heavy (non-hydrogen) atoms. The molecule has 0 atom stereocenters. The average molecular weight is 456 g/mol. The molecule has 0 spiro atoms. The number of carbonyl (C=O) groups is 1. The monoisotopic (exact) mass is 455 g/mol. The molecule has 0 saturated carbocycles. The van der Waals surface area contributed by atoms with Crippen LogP contribution in [0, 0.1) is 0 Å². The van der Waals surface area contributed by atoms with Crippen molar-refractivity contribution < 1.29 is 9.53 Å². The molecule has 0 bridgehead atoms. The van der Waals surface area contributed by atoms with E-state index in [1.807, 2.05) is 60.0 Å². The Bertz CT molecular complexity index is 1130. The first-order chi connectivity index (χ1) is 14.7. The van der Waals surface area contributed by atoms with Crippen LogP contribution >= 0.6 is 34.4 Å². The second-order valence-corrected chi connectivity index (χ2v) is 9.00. The molecule has 0 aliphatic carbocycles. The molecule has 10 heteroatoms. The summed E-state index contributed by atoms with van der Waals surface area (Å²) < 4.78 is 6.02. The van der Waals surface area contributed by atoms with Crippen LogP contribution in [0.1, 0.15) is 0 Å². The van der Waals surface area contributed by atoms with Gasteiger partial charge in [0.25, 0.3) is 0 Å². The van der Waals surface area contributed by atoms with Crippen LogP contribution in [-0.2, 0) is 4.79 Å². The van der Waals surface area contributed by atoms with Crippen molar-refractivity contribution in [2.45, 2.75) is 4.34 Å². The summed E-state index contributed by atoms with van der Waals surface area (Å²) in [6, 6.07) is 17.4. The van der Waals surface area contributed by atoms with Gasteiger partial charge >= 0.3 is 0 Å². The van der Waals surface area contributed by atoms with E-state index in [-0.39, 0.29) is 11.7 Å². The number of thioether (sulfide) groups is 1. The summed E-state index contributed by atoms with van der Waals surface area (Å²) in [5.74, 6) is 0.812. The summed E-state index contributed by atoms with van der Waals surface area (Å²) in [5.41, 5.74) is 2.68. The van der Waals surface area contributed by atoms with Crippen molar-refractivity contribution in [1.82, 2.24) is 15.2 Å². The van der Waals surface area contributed by atoms with Crippen LogP contribution in [0.25, 0.3) is 11.3 Å². The second-order valence-electron chi connectivity index (χ2n) is 5.94. The number of benzene rings is 2. The predicted molar refractivity (Wildman–Crippen MR) is 123 cm³/mol. The molecule has 4 rings (SSSR count). The molecule has 2 aromatic heterocycles. The van der Waals surface area contributed by atoms with E-state index in [0.717, 1.165) is 22.7 Å². The molecule has 2 N–H and O–H groups in total. The Kier molecular flexibility index (Phi) is 6.57. The summed E-state index contributed by atoms with van der Waals surface area (Å²) in [7, 11) is 1.62. The van der Waals surface area contributed by atoms with E-state index in [2.05, 4.69) is 25.8 Å². The minimum atomic E-state index is -0.136. The number of nitrogens with zero attached hydrogens (tertiary/aromatic N) is 3. The molecule has 4 aromatic rings. The standard InChI is InChI=1S/C20H17N5O2S3/c1-27-16-10-6-5-9-14(16)21-19-24-25-20(30-19)29-12-17(26)23-18-22-15(11-28-18)13-7-3-2-4-8-13/h2-11H,12H2,1H3,(H,21,24)(H,22,23,26). The maximum Gasteiger partial charge on any atom is 0.236 e. The fraction of sp³-hybridized carbons (Fsp3) is 0.100. The van der Waals surface area contributed by atoms with E-state index < -0.39 is 0 Å². The first-order valence-corrected chi connectivity index (χ1v) is 11.6. The summed E-state index contributed by atoms with van der Waals surface area (Å²) in [6.45, 7) is 0. The number of anilines is 3. The zero-order valence-corrected chi connectivity index (χ0v) is 18.3. The first kappa shape index (κ1) is 20.3. The lowest BCUT2D eigenvalue weighted by atomic mass is 10.2. The maximum absolute atomic E-state index is 12.3. The molecule has 2 heterocycles. The van der Waals surface area contributed by atoms with Crippen LogP contribution in [0.3, 0.4) is 0 Å². The number of hydrogen-bond donors (Lipinski definition) is 2. The van der Waals surface area contributed by atoms with Gasteiger partial charge in [0.1, 0.15) is 5.75 Å². The maximum atomic E-state index is 12.3. The molecule has 0 fully saturated rings. The highest BCUT2D eigenvalue weighted by Crippen LogP contribution is 2.31. The Morgan fingerprint density at radius 3 is 2.70 bits per heavy atom. The molecule has 2 aromatic carbocycles. The lowest BCUT2D eigenvalue weighted by Gasteiger charge is -2.07. The number of methoxy groups -OCH3 is 1. The molecule has 0 saturated heterocycles. The van der Waals surface area contributed by atoms with Gasteiger partial charge in [0.05, 0.1) is 24.2 Å². The predicted octanol–water partition coefficient (Wildman–Crippen LogP) is 5.14. The van der Waals surface area contributed by atoms with Crippen LogP contribution in [0.15, 0.2) is 64.3 Å². The number of para-hydroxylation sites is 2. The van der Waals surface area contributed by atoms with Gasteiger partial charge in [-0.15, -0.1) is 21.5 Å². The van der Waals surface area contributed by atoms with Gasteiger partial charge in [-0.3, -0.25) is 4.79 Å². The third-order valence-corrected chi connectivity index (χ3v) is 6.63. The average Bonchev–Trinajstić information content (AvgIpc) is 3.43. The van der Waals surface area contributed by atoms with E-state index in [9.17, 15) is 4.79 Å². The fourth-order valence-electron chi connectivity index (χ4n) is 2.54. The van der Waals surface area contributed by atoms with Gasteiger partial charge in [0, 0.05) is 10.9 Å². The lowest BCUT2D eigenvalue weighted by Crippen LogP contribution is -2.13. The van der Waals surface area contributed by atoms with E-state index in [1.165, 1.54) is 34.4 Å². The lowest BCUT2D eigenvalue weighted by molar-refractivity contribution is -0.113. The third-order valence-electron chi connectivity index (χ3n) is 3.90. The van der Waals surface area contributed by atoms with Crippen molar-refractivity contribution in [3.8, 4) is 17.0 Å². The number of hydrogen-bond acceptors (Lipinski definition) is 9. The van der Waals surface area contributed by atoms with E-state index in [1.54, 1.807) is 7.11 Å². The number of thiazole rings is 1. The van der Waals surface area contributed by atoms with Crippen molar-refractivity contribution in [1.29, 1.82) is 0 Å². The number of ether oxygens (including phenoxy) is 1. The normalized spacial score (nSPS) is 10.6. The smallest absolute Gasteiger partial charge is 0.236 e. The zero-order chi connectivity index (χ0) is 20.8. The number of aromatic nitrogens is 3. The molecule has 152 valence electrons. The van der Waals surface area contributed by atoms with Gasteiger partial charge in [-0.2, -0.15) is 0 Å². The summed E-state index contributed by atoms with van der Waals surface area (Å²) in [6.07, 6.45) is 0. The zero-order valence-electron chi connectivity index (χ0n) is 15.9. The second kappa shape index (κ2) is 9.70. The Labute approximate surface area is 185 Å². The highest BCUT2D eigenvalue weighted by molar-refractivity contribution is 8.01. The Morgan fingerprint density at radius 1 is 1.07 bits per heavy atom. The van der Waals surface area contributed by atoms with Gasteiger partial charge < -0.3 is 15.4 Å². The van der Waals surface area contributed by atoms with Crippen LogP contribution in [0.4, 0.5) is 16.0 Å². The van der Waals surface area contributed by atoms with Crippen LogP contribution in [-0.4, -0.2) is 34.0 Å². The van der Waals surface area contributed by atoms with Crippen LogP contribution < -0.4 is 15.4 Å². The van der Waals surface area contributed by atoms with Gasteiger partial charge in [0.15, 0.2) is 9.47 Å². The van der Waals surface area contributed by atoms with E-state index >= 15 is 0 Å². The number of rotatable bonds is 8. The fourth-order valence-corrected chi connectivity index (χ4v) is 4.84. The quantitative estimate of drug-likeness (QED) is 0.355. The summed E-state index contributed by atoms with van der Waals surface area (Å²) in [4.78, 5) is 16.7. The van der Waals surface area contributed by atoms with E-state index in [4.69, 9.17) is 4.74 Å². The molecule has 0 aliphatic rings. The summed E-state index contributed by atoms with van der Waals surface area (Å²) >= 11 is 4.11. The minimum Gasteiger partial charge on any atom is -0.495 e. The molecule has 0 radical (unpaired) electrons. The molecular weight excluding hydrogens is 438 g/mol. The SMILES string of the molecule is COc1ccccc1Nc1nnc(SCC(=O)Nc2nc(-c3ccccc3)cs2)s1. The van der Waals surface area contributed by atoms with Gasteiger partial charge in [-0.25, -0.2) is 4.98 Å². The number of carbonyl (C=O) groups excluding carboxylic acids is 1.